The summed E-state index contributed by atoms with van der Waals surface area (Å²) in [7, 11) is -3.68. The fourth-order valence-electron chi connectivity index (χ4n) is 3.83. The van der Waals surface area contributed by atoms with Gasteiger partial charge in [-0.2, -0.15) is 0 Å². The van der Waals surface area contributed by atoms with Crippen LogP contribution in [0.25, 0.3) is 11.0 Å². The van der Waals surface area contributed by atoms with E-state index in [1.807, 2.05) is 6.07 Å². The summed E-state index contributed by atoms with van der Waals surface area (Å²) in [6.07, 6.45) is 3.44. The molecular weight excluding hydrogens is 422 g/mol. The fourth-order valence-corrected chi connectivity index (χ4v) is 5.05. The second kappa shape index (κ2) is 9.08. The molecule has 0 fully saturated rings. The summed E-state index contributed by atoms with van der Waals surface area (Å²) < 4.78 is 32.3. The first kappa shape index (κ1) is 21.3. The van der Waals surface area contributed by atoms with Gasteiger partial charge >= 0.3 is 5.69 Å². The second-order valence-electron chi connectivity index (χ2n) is 7.60. The topological polar surface area (TPSA) is 129 Å². The molecule has 1 aliphatic rings. The van der Waals surface area contributed by atoms with E-state index in [1.54, 1.807) is 24.3 Å². The second-order valence-corrected chi connectivity index (χ2v) is 9.33. The van der Waals surface area contributed by atoms with E-state index in [-0.39, 0.29) is 21.0 Å². The van der Waals surface area contributed by atoms with E-state index in [0.29, 0.717) is 12.1 Å². The van der Waals surface area contributed by atoms with Gasteiger partial charge in [0, 0.05) is 31.8 Å². The Labute approximate surface area is 179 Å². The highest BCUT2D eigenvalue weighted by atomic mass is 32.2. The number of benzene rings is 2. The summed E-state index contributed by atoms with van der Waals surface area (Å²) in [5.41, 5.74) is 3.13. The minimum Gasteiger partial charge on any atom is -0.299 e. The third-order valence-corrected chi connectivity index (χ3v) is 6.98. The Morgan fingerprint density at radius 2 is 2.00 bits per heavy atom. The van der Waals surface area contributed by atoms with Gasteiger partial charge in [-0.05, 0) is 59.4 Å². The van der Waals surface area contributed by atoms with Gasteiger partial charge in [0.05, 0.1) is 4.91 Å². The van der Waals surface area contributed by atoms with Crippen molar-refractivity contribution in [3.05, 3.63) is 52.4 Å². The molecule has 0 saturated heterocycles. The summed E-state index contributed by atoms with van der Waals surface area (Å²) in [6.45, 7) is 2.90. The largest absolute Gasteiger partial charge is 0.316 e. The SMILES string of the molecule is O=[N+](O)c1ccc2c(c1)CN(CCCCCNS(=O)(=O)c1cccc3nonc13)CC2. The van der Waals surface area contributed by atoms with E-state index in [0.717, 1.165) is 50.9 Å². The highest BCUT2D eigenvalue weighted by Crippen LogP contribution is 2.24. The monoisotopic (exact) mass is 446 g/mol. The zero-order chi connectivity index (χ0) is 21.8. The van der Waals surface area contributed by atoms with Gasteiger partial charge in [-0.25, -0.2) is 23.0 Å². The minimum atomic E-state index is -3.68. The zero-order valence-electron chi connectivity index (χ0n) is 16.9. The summed E-state index contributed by atoms with van der Waals surface area (Å²) in [5.74, 6) is 0. The molecule has 31 heavy (non-hydrogen) atoms. The van der Waals surface area contributed by atoms with Crippen LogP contribution in [0.3, 0.4) is 0 Å². The molecule has 2 aromatic carbocycles. The van der Waals surface area contributed by atoms with Crippen LogP contribution in [0.4, 0.5) is 5.69 Å². The smallest absolute Gasteiger partial charge is 0.299 e. The number of nitrogens with one attached hydrogen (secondary N) is 1. The van der Waals surface area contributed by atoms with Crippen LogP contribution in [-0.4, -0.2) is 53.4 Å². The predicted molar refractivity (Wildman–Crippen MR) is 111 cm³/mol. The highest BCUT2D eigenvalue weighted by molar-refractivity contribution is 7.89. The number of fused-ring (bicyclic) bond motifs is 2. The van der Waals surface area contributed by atoms with Crippen molar-refractivity contribution in [1.29, 1.82) is 0 Å². The van der Waals surface area contributed by atoms with Gasteiger partial charge in [-0.15, -0.1) is 0 Å². The van der Waals surface area contributed by atoms with Crippen LogP contribution in [0.2, 0.25) is 0 Å². The molecule has 0 spiro atoms. The number of rotatable bonds is 9. The third-order valence-electron chi connectivity index (χ3n) is 5.48. The molecule has 2 heterocycles. The molecule has 11 heteroatoms. The molecule has 4 rings (SSSR count). The number of nitrogens with zero attached hydrogens (tertiary/aromatic N) is 4. The summed E-state index contributed by atoms with van der Waals surface area (Å²) in [6, 6.07) is 9.99. The maximum Gasteiger partial charge on any atom is 0.316 e. The maximum atomic E-state index is 12.5. The summed E-state index contributed by atoms with van der Waals surface area (Å²) in [5, 5.41) is 16.4. The number of hydrogen-bond acceptors (Lipinski definition) is 7. The molecule has 1 aromatic heterocycles. The van der Waals surface area contributed by atoms with Crippen molar-refractivity contribution in [3.8, 4) is 0 Å². The Morgan fingerprint density at radius 1 is 1.13 bits per heavy atom. The molecule has 0 bridgehead atoms. The van der Waals surface area contributed by atoms with E-state index < -0.39 is 10.0 Å². The van der Waals surface area contributed by atoms with E-state index in [4.69, 9.17) is 5.21 Å². The first-order valence-electron chi connectivity index (χ1n) is 10.2. The molecule has 0 atom stereocenters. The number of unbranched alkanes of at least 4 members (excludes halogenated alkanes) is 2. The quantitative estimate of drug-likeness (QED) is 0.379. The van der Waals surface area contributed by atoms with Gasteiger partial charge in [0.1, 0.15) is 10.4 Å². The highest BCUT2D eigenvalue weighted by Gasteiger charge is 2.21. The third kappa shape index (κ3) is 4.89. The van der Waals surface area contributed by atoms with Gasteiger partial charge in [0.15, 0.2) is 5.52 Å². The van der Waals surface area contributed by atoms with E-state index in [2.05, 4.69) is 24.6 Å². The predicted octanol–water partition coefficient (Wildman–Crippen LogP) is 2.53. The number of aromatic nitrogens is 2. The molecular formula is C20H24N5O5S+. The van der Waals surface area contributed by atoms with E-state index in [9.17, 15) is 13.3 Å². The van der Waals surface area contributed by atoms with E-state index in [1.165, 1.54) is 11.6 Å². The van der Waals surface area contributed by atoms with Crippen molar-refractivity contribution in [2.24, 2.45) is 0 Å². The maximum absolute atomic E-state index is 12.5. The van der Waals surface area contributed by atoms with Gasteiger partial charge in [-0.1, -0.05) is 18.6 Å². The Bertz CT molecular complexity index is 1190. The lowest BCUT2D eigenvalue weighted by Crippen LogP contribution is -2.31. The van der Waals surface area contributed by atoms with Crippen LogP contribution < -0.4 is 4.72 Å². The van der Waals surface area contributed by atoms with Crippen molar-refractivity contribution >= 4 is 26.7 Å². The molecule has 164 valence electrons. The lowest BCUT2D eigenvalue weighted by molar-refractivity contribution is -0.729. The molecule has 2 N–H and O–H groups in total. The number of hydrogen-bond donors (Lipinski definition) is 2. The average Bonchev–Trinajstić information content (AvgIpc) is 3.24. The van der Waals surface area contributed by atoms with Crippen molar-refractivity contribution in [1.82, 2.24) is 19.9 Å². The molecule has 0 unspecified atom stereocenters. The van der Waals surface area contributed by atoms with Crippen molar-refractivity contribution in [2.45, 2.75) is 37.1 Å². The minimum absolute atomic E-state index is 0.0668. The van der Waals surface area contributed by atoms with Gasteiger partial charge in [0.25, 0.3) is 4.92 Å². The fraction of sp³-hybridized carbons (Fsp3) is 0.400. The normalized spacial score (nSPS) is 14.6. The summed E-state index contributed by atoms with van der Waals surface area (Å²) >= 11 is 0. The van der Waals surface area contributed by atoms with Gasteiger partial charge in [-0.3, -0.25) is 4.90 Å². The molecule has 10 nitrogen and oxygen atoms in total. The van der Waals surface area contributed by atoms with Crippen molar-refractivity contribution in [3.63, 3.8) is 0 Å². The van der Waals surface area contributed by atoms with Crippen LogP contribution in [0.15, 0.2) is 45.9 Å². The lowest BCUT2D eigenvalue weighted by atomic mass is 9.99. The van der Waals surface area contributed by atoms with Crippen LogP contribution in [-0.2, 0) is 23.0 Å². The number of sulfonamides is 1. The average molecular weight is 447 g/mol. The standard InChI is InChI=1S/C20H24N5O5S/c26-25(27)17-8-7-15-9-12-24(14-16(15)13-17)11-3-1-2-10-21-31(28,29)19-6-4-5-18-20(19)23-30-22-18/h4-8,13,21H,1-3,9-12,14H2,(H,26,27)/q+1. The molecule has 0 radical (unpaired) electrons. The Kier molecular flexibility index (Phi) is 6.25. The molecule has 0 aliphatic carbocycles. The Balaban J connectivity index is 1.22. The Hall–Kier alpha value is -2.89. The van der Waals surface area contributed by atoms with Crippen LogP contribution in [0.5, 0.6) is 0 Å². The first-order chi connectivity index (χ1) is 14.9. The lowest BCUT2D eigenvalue weighted by Gasteiger charge is -2.28. The first-order valence-corrected chi connectivity index (χ1v) is 11.6. The van der Waals surface area contributed by atoms with Gasteiger partial charge < -0.3 is 0 Å². The molecule has 0 saturated carbocycles. The van der Waals surface area contributed by atoms with E-state index >= 15 is 0 Å². The Morgan fingerprint density at radius 3 is 2.84 bits per heavy atom. The van der Waals surface area contributed by atoms with Crippen molar-refractivity contribution < 1.29 is 23.2 Å². The van der Waals surface area contributed by atoms with Crippen LogP contribution >= 0.6 is 0 Å². The molecule has 3 aromatic rings. The van der Waals surface area contributed by atoms with Crippen LogP contribution in [0.1, 0.15) is 30.4 Å². The van der Waals surface area contributed by atoms with Crippen LogP contribution in [0, 0.1) is 4.91 Å². The zero-order valence-corrected chi connectivity index (χ0v) is 17.7. The van der Waals surface area contributed by atoms with Crippen molar-refractivity contribution in [2.75, 3.05) is 19.6 Å². The molecule has 1 aliphatic heterocycles. The van der Waals surface area contributed by atoms with Gasteiger partial charge in [0.2, 0.25) is 10.0 Å². The molecule has 0 amide bonds. The summed E-state index contributed by atoms with van der Waals surface area (Å²) in [4.78, 5) is 13.4.